The maximum Gasteiger partial charge on any atom is 0.329 e. The second-order valence-corrected chi connectivity index (χ2v) is 11.2. The van der Waals surface area contributed by atoms with Gasteiger partial charge >= 0.3 is 5.97 Å². The quantitative estimate of drug-likeness (QED) is 0.630. The number of nitrogens with zero attached hydrogens (tertiary/aromatic N) is 2. The molecule has 0 bridgehead atoms. The number of likely N-dealkylation sites (N-methyl/N-ethyl adjacent to an activating group) is 1. The highest BCUT2D eigenvalue weighted by Crippen LogP contribution is 2.28. The van der Waals surface area contributed by atoms with Crippen LogP contribution in [0, 0.1) is 0 Å². The number of sulfonamides is 1. The van der Waals surface area contributed by atoms with E-state index in [1.807, 2.05) is 0 Å². The average Bonchev–Trinajstić information content (AvgIpc) is 3.05. The molecule has 0 spiro atoms. The summed E-state index contributed by atoms with van der Waals surface area (Å²) in [5.74, 6) is -0.919. The van der Waals surface area contributed by atoms with Gasteiger partial charge in [0.15, 0.2) is 0 Å². The van der Waals surface area contributed by atoms with Crippen molar-refractivity contribution < 1.29 is 22.7 Å². The fourth-order valence-electron chi connectivity index (χ4n) is 3.61. The molecular weight excluding hydrogens is 440 g/mol. The molecule has 31 heavy (non-hydrogen) atoms. The van der Waals surface area contributed by atoms with E-state index in [1.54, 1.807) is 58.0 Å². The maximum absolute atomic E-state index is 13.2. The minimum Gasteiger partial charge on any atom is -0.458 e. The highest BCUT2D eigenvalue weighted by atomic mass is 35.5. The third-order valence-corrected chi connectivity index (χ3v) is 7.41. The van der Waals surface area contributed by atoms with Crippen molar-refractivity contribution >= 4 is 44.3 Å². The Morgan fingerprint density at radius 3 is 2.45 bits per heavy atom. The normalized spacial score (nSPS) is 18.6. The molecule has 168 valence electrons. The predicted molar refractivity (Wildman–Crippen MR) is 119 cm³/mol. The van der Waals surface area contributed by atoms with E-state index >= 15 is 0 Å². The highest BCUT2D eigenvalue weighted by Gasteiger charge is 2.43. The summed E-state index contributed by atoms with van der Waals surface area (Å²) in [5, 5.41) is 2.12. The molecule has 3 rings (SSSR count). The van der Waals surface area contributed by atoms with Crippen LogP contribution in [0.25, 0.3) is 10.8 Å². The van der Waals surface area contributed by atoms with Crippen LogP contribution in [-0.2, 0) is 24.3 Å². The van der Waals surface area contributed by atoms with Gasteiger partial charge in [-0.15, -0.1) is 0 Å². The topological polar surface area (TPSA) is 84.0 Å². The van der Waals surface area contributed by atoms with E-state index in [0.717, 1.165) is 15.1 Å². The first-order valence-electron chi connectivity index (χ1n) is 10.0. The minimum absolute atomic E-state index is 0.0938. The van der Waals surface area contributed by atoms with Crippen molar-refractivity contribution in [3.8, 4) is 0 Å². The predicted octanol–water partition coefficient (Wildman–Crippen LogP) is 3.44. The largest absolute Gasteiger partial charge is 0.458 e. The number of rotatable bonds is 5. The van der Waals surface area contributed by atoms with E-state index in [4.69, 9.17) is 16.3 Å². The summed E-state index contributed by atoms with van der Waals surface area (Å²) < 4.78 is 32.9. The lowest BCUT2D eigenvalue weighted by Crippen LogP contribution is -2.48. The Balaban J connectivity index is 1.81. The maximum atomic E-state index is 13.2. The van der Waals surface area contributed by atoms with Crippen molar-refractivity contribution in [3.63, 3.8) is 0 Å². The van der Waals surface area contributed by atoms with Crippen LogP contribution in [0.4, 0.5) is 0 Å². The second-order valence-electron chi connectivity index (χ2n) is 8.72. The monoisotopic (exact) mass is 466 g/mol. The van der Waals surface area contributed by atoms with E-state index < -0.39 is 39.6 Å². The van der Waals surface area contributed by atoms with Gasteiger partial charge in [0.25, 0.3) is 0 Å². The van der Waals surface area contributed by atoms with Gasteiger partial charge < -0.3 is 9.64 Å². The molecule has 0 aliphatic carbocycles. The van der Waals surface area contributed by atoms with Crippen molar-refractivity contribution in [2.45, 2.75) is 56.7 Å². The summed E-state index contributed by atoms with van der Waals surface area (Å²) in [6.45, 7) is 7.13. The first-order chi connectivity index (χ1) is 14.3. The second kappa shape index (κ2) is 8.41. The molecule has 0 aromatic heterocycles. The van der Waals surface area contributed by atoms with Gasteiger partial charge in [-0.3, -0.25) is 4.79 Å². The smallest absolute Gasteiger partial charge is 0.329 e. The summed E-state index contributed by atoms with van der Waals surface area (Å²) in [5.41, 5.74) is -0.673. The molecule has 1 fully saturated rings. The van der Waals surface area contributed by atoms with Crippen LogP contribution in [0.1, 0.15) is 34.1 Å². The molecule has 2 aromatic rings. The van der Waals surface area contributed by atoms with Crippen LogP contribution < -0.4 is 0 Å². The zero-order valence-electron chi connectivity index (χ0n) is 18.3. The molecular formula is C22H27ClN2O5S. The van der Waals surface area contributed by atoms with Gasteiger partial charge in [-0.2, -0.15) is 4.31 Å². The van der Waals surface area contributed by atoms with Gasteiger partial charge in [0.1, 0.15) is 17.7 Å². The number of halogens is 1. The Morgan fingerprint density at radius 1 is 1.19 bits per heavy atom. The Morgan fingerprint density at radius 2 is 1.81 bits per heavy atom. The van der Waals surface area contributed by atoms with Gasteiger partial charge in [-0.1, -0.05) is 23.7 Å². The van der Waals surface area contributed by atoms with Crippen molar-refractivity contribution in [3.05, 3.63) is 41.4 Å². The highest BCUT2D eigenvalue weighted by molar-refractivity contribution is 7.89. The van der Waals surface area contributed by atoms with Crippen LogP contribution in [0.2, 0.25) is 5.02 Å². The Kier molecular flexibility index (Phi) is 6.37. The van der Waals surface area contributed by atoms with Crippen molar-refractivity contribution in [2.24, 2.45) is 0 Å². The molecule has 2 aromatic carbocycles. The average molecular weight is 467 g/mol. The van der Waals surface area contributed by atoms with E-state index in [0.29, 0.717) is 11.4 Å². The van der Waals surface area contributed by atoms with Gasteiger partial charge in [0.05, 0.1) is 4.90 Å². The third-order valence-electron chi connectivity index (χ3n) is 5.32. The molecule has 1 amide bonds. The van der Waals surface area contributed by atoms with Crippen LogP contribution in [0.5, 0.6) is 0 Å². The number of carbonyl (C=O) groups is 2. The third kappa shape index (κ3) is 4.86. The fraction of sp³-hybridized carbons (Fsp3) is 0.455. The molecule has 2 atom stereocenters. The molecule has 1 heterocycles. The van der Waals surface area contributed by atoms with E-state index in [2.05, 4.69) is 0 Å². The number of fused-ring (bicyclic) bond motifs is 1. The zero-order chi connectivity index (χ0) is 23.1. The van der Waals surface area contributed by atoms with Crippen molar-refractivity contribution in [1.82, 2.24) is 9.21 Å². The lowest BCUT2D eigenvalue weighted by molar-refractivity contribution is -0.163. The zero-order valence-corrected chi connectivity index (χ0v) is 19.8. The van der Waals surface area contributed by atoms with E-state index in [-0.39, 0.29) is 11.4 Å². The first kappa shape index (κ1) is 23.5. The van der Waals surface area contributed by atoms with Crippen LogP contribution >= 0.6 is 11.6 Å². The molecule has 7 nitrogen and oxygen atoms in total. The number of benzene rings is 2. The molecule has 0 saturated carbocycles. The fourth-order valence-corrected chi connectivity index (χ4v) is 5.17. The van der Waals surface area contributed by atoms with Gasteiger partial charge in [0, 0.05) is 18.6 Å². The van der Waals surface area contributed by atoms with E-state index in [9.17, 15) is 18.0 Å². The number of carbonyl (C=O) groups excluding carboxylic acids is 2. The summed E-state index contributed by atoms with van der Waals surface area (Å²) in [4.78, 5) is 26.8. The molecule has 0 radical (unpaired) electrons. The van der Waals surface area contributed by atoms with E-state index in [1.165, 1.54) is 18.0 Å². The number of likely N-dealkylation sites (tertiary alicyclic amines) is 1. The molecule has 0 unspecified atom stereocenters. The van der Waals surface area contributed by atoms with Gasteiger partial charge in [-0.25, -0.2) is 13.2 Å². The number of amides is 1. The molecule has 0 N–H and O–H groups in total. The lowest BCUT2D eigenvalue weighted by atomic mass is 10.1. The first-order valence-corrected chi connectivity index (χ1v) is 11.8. The number of hydrogen-bond donors (Lipinski definition) is 0. The number of ether oxygens (including phenoxy) is 1. The summed E-state index contributed by atoms with van der Waals surface area (Å²) in [7, 11) is -2.52. The van der Waals surface area contributed by atoms with Crippen LogP contribution in [0.3, 0.4) is 0 Å². The molecule has 1 aliphatic heterocycles. The number of esters is 1. The summed E-state index contributed by atoms with van der Waals surface area (Å²) in [6, 6.07) is 8.29. The number of hydrogen-bond acceptors (Lipinski definition) is 5. The molecule has 1 aliphatic rings. The molecule has 1 saturated heterocycles. The van der Waals surface area contributed by atoms with Gasteiger partial charge in [-0.05, 0) is 69.2 Å². The Hall–Kier alpha value is -2.16. The summed E-state index contributed by atoms with van der Waals surface area (Å²) >= 11 is 6.00. The Labute approximate surface area is 188 Å². The standard InChI is InChI=1S/C22H27ClN2O5S/c1-14(21(27)30-22(2,3)4)25-11-10-19(20(25)26)24(5)31(28,29)18-9-7-15-12-17(23)8-6-16(15)13-18/h6-9,12-14,19H,10-11H2,1-5H3/t14-,19-/m1/s1. The van der Waals surface area contributed by atoms with Crippen LogP contribution in [-0.4, -0.2) is 60.8 Å². The van der Waals surface area contributed by atoms with Crippen molar-refractivity contribution in [1.29, 1.82) is 0 Å². The van der Waals surface area contributed by atoms with Crippen molar-refractivity contribution in [2.75, 3.05) is 13.6 Å². The SMILES string of the molecule is C[C@H](C(=O)OC(C)(C)C)N1CC[C@@H](N(C)S(=O)(=O)c2ccc3cc(Cl)ccc3c2)C1=O. The minimum atomic E-state index is -3.92. The lowest BCUT2D eigenvalue weighted by Gasteiger charge is -2.28. The van der Waals surface area contributed by atoms with Crippen LogP contribution in [0.15, 0.2) is 41.3 Å². The summed E-state index contributed by atoms with van der Waals surface area (Å²) in [6.07, 6.45) is 0.297. The Bertz CT molecular complexity index is 1130. The van der Waals surface area contributed by atoms with Gasteiger partial charge in [0.2, 0.25) is 15.9 Å². The molecule has 9 heteroatoms.